The number of hydrogen-bond donors (Lipinski definition) is 1. The van der Waals surface area contributed by atoms with Crippen LogP contribution in [0.25, 0.3) is 11.0 Å². The number of nitrogens with zero attached hydrogens (tertiary/aromatic N) is 4. The fraction of sp³-hybridized carbons (Fsp3) is 0.500. The molecular weight excluding hydrogens is 382 g/mol. The highest BCUT2D eigenvalue weighted by Gasteiger charge is 2.29. The molecule has 2 fully saturated rings. The zero-order valence-corrected chi connectivity index (χ0v) is 17.8. The predicted octanol–water partition coefficient (Wildman–Crippen LogP) is 3.78. The summed E-state index contributed by atoms with van der Waals surface area (Å²) in [6.45, 7) is 4.79. The topological polar surface area (TPSA) is 63.1 Å². The minimum Gasteiger partial charge on any atom is -0.350 e. The van der Waals surface area contributed by atoms with Gasteiger partial charge in [0, 0.05) is 30.1 Å². The highest BCUT2D eigenvalue weighted by atomic mass is 32.1. The van der Waals surface area contributed by atoms with E-state index in [1.807, 2.05) is 20.0 Å². The molecule has 1 atom stereocenters. The molecule has 1 unspecified atom stereocenters. The minimum absolute atomic E-state index is 0.0175. The van der Waals surface area contributed by atoms with Gasteiger partial charge in [0.25, 0.3) is 5.91 Å². The molecule has 1 amide bonds. The SMILES string of the molecule is Cc1nn(C)c2nc(C3CC3)cc(C(=O)NCC(c3cccs3)N3CCCC3)c12. The number of aromatic nitrogens is 3. The lowest BCUT2D eigenvalue weighted by atomic mass is 10.1. The van der Waals surface area contributed by atoms with E-state index < -0.39 is 0 Å². The number of likely N-dealkylation sites (tertiary alicyclic amines) is 1. The molecule has 1 saturated heterocycles. The average molecular weight is 410 g/mol. The Morgan fingerprint density at radius 3 is 2.83 bits per heavy atom. The smallest absolute Gasteiger partial charge is 0.252 e. The van der Waals surface area contributed by atoms with Crippen molar-refractivity contribution in [2.75, 3.05) is 19.6 Å². The van der Waals surface area contributed by atoms with E-state index >= 15 is 0 Å². The molecule has 6 nitrogen and oxygen atoms in total. The quantitative estimate of drug-likeness (QED) is 0.673. The molecule has 0 aromatic carbocycles. The van der Waals surface area contributed by atoms with Gasteiger partial charge in [-0.2, -0.15) is 5.10 Å². The fourth-order valence-corrected chi connectivity index (χ4v) is 5.32. The van der Waals surface area contributed by atoms with Crippen LogP contribution in [-0.4, -0.2) is 45.2 Å². The van der Waals surface area contributed by atoms with Crippen LogP contribution in [0.15, 0.2) is 23.6 Å². The number of carbonyl (C=O) groups excluding carboxylic acids is 1. The number of rotatable bonds is 6. The van der Waals surface area contributed by atoms with Crippen LogP contribution in [-0.2, 0) is 7.05 Å². The molecule has 1 aliphatic carbocycles. The molecule has 2 aliphatic rings. The fourth-order valence-electron chi connectivity index (χ4n) is 4.46. The first-order valence-corrected chi connectivity index (χ1v) is 11.4. The highest BCUT2D eigenvalue weighted by Crippen LogP contribution is 2.40. The third kappa shape index (κ3) is 3.57. The number of amides is 1. The zero-order chi connectivity index (χ0) is 20.0. The van der Waals surface area contributed by atoms with Crippen molar-refractivity contribution >= 4 is 28.3 Å². The lowest BCUT2D eigenvalue weighted by Gasteiger charge is -2.27. The Kier molecular flexibility index (Phi) is 4.87. The van der Waals surface area contributed by atoms with Gasteiger partial charge in [0.05, 0.1) is 22.7 Å². The molecule has 152 valence electrons. The van der Waals surface area contributed by atoms with Gasteiger partial charge in [-0.1, -0.05) is 6.07 Å². The Bertz CT molecular complexity index is 1030. The van der Waals surface area contributed by atoms with E-state index in [9.17, 15) is 4.79 Å². The van der Waals surface area contributed by atoms with E-state index in [4.69, 9.17) is 4.98 Å². The number of pyridine rings is 1. The third-order valence-electron chi connectivity index (χ3n) is 6.14. The highest BCUT2D eigenvalue weighted by molar-refractivity contribution is 7.10. The first kappa shape index (κ1) is 18.8. The van der Waals surface area contributed by atoms with Crippen molar-refractivity contribution < 1.29 is 4.79 Å². The maximum absolute atomic E-state index is 13.3. The molecule has 3 aromatic heterocycles. The minimum atomic E-state index is -0.0175. The molecule has 5 rings (SSSR count). The molecule has 4 heterocycles. The van der Waals surface area contributed by atoms with Crippen LogP contribution in [0.2, 0.25) is 0 Å². The molecular formula is C22H27N5OS. The lowest BCUT2D eigenvalue weighted by molar-refractivity contribution is 0.0940. The third-order valence-corrected chi connectivity index (χ3v) is 7.11. The second-order valence-electron chi connectivity index (χ2n) is 8.26. The summed E-state index contributed by atoms with van der Waals surface area (Å²) < 4.78 is 1.80. The van der Waals surface area contributed by atoms with Gasteiger partial charge >= 0.3 is 0 Å². The monoisotopic (exact) mass is 409 g/mol. The van der Waals surface area contributed by atoms with E-state index in [0.717, 1.165) is 48.4 Å². The van der Waals surface area contributed by atoms with Crippen molar-refractivity contribution in [1.29, 1.82) is 0 Å². The van der Waals surface area contributed by atoms with Crippen LogP contribution in [0.5, 0.6) is 0 Å². The molecule has 29 heavy (non-hydrogen) atoms. The molecule has 1 N–H and O–H groups in total. The largest absolute Gasteiger partial charge is 0.350 e. The Labute approximate surface area is 174 Å². The Morgan fingerprint density at radius 2 is 2.14 bits per heavy atom. The van der Waals surface area contributed by atoms with Crippen molar-refractivity contribution in [3.63, 3.8) is 0 Å². The molecule has 3 aromatic rings. The van der Waals surface area contributed by atoms with Crippen molar-refractivity contribution in [2.45, 2.75) is 44.6 Å². The van der Waals surface area contributed by atoms with Gasteiger partial charge in [0.1, 0.15) is 0 Å². The summed E-state index contributed by atoms with van der Waals surface area (Å²) in [5, 5.41) is 10.8. The van der Waals surface area contributed by atoms with Crippen LogP contribution < -0.4 is 5.32 Å². The van der Waals surface area contributed by atoms with E-state index in [2.05, 4.69) is 32.8 Å². The molecule has 0 bridgehead atoms. The van der Waals surface area contributed by atoms with Gasteiger partial charge in [0.2, 0.25) is 0 Å². The second kappa shape index (κ2) is 7.54. The van der Waals surface area contributed by atoms with Crippen molar-refractivity contribution in [1.82, 2.24) is 25.0 Å². The van der Waals surface area contributed by atoms with Gasteiger partial charge < -0.3 is 5.32 Å². The van der Waals surface area contributed by atoms with E-state index in [0.29, 0.717) is 18.0 Å². The van der Waals surface area contributed by atoms with Crippen LogP contribution in [0.1, 0.15) is 64.3 Å². The summed E-state index contributed by atoms with van der Waals surface area (Å²) in [7, 11) is 1.90. The molecule has 1 saturated carbocycles. The van der Waals surface area contributed by atoms with Crippen LogP contribution in [0, 0.1) is 6.92 Å². The summed E-state index contributed by atoms with van der Waals surface area (Å²) in [6, 6.07) is 6.52. The maximum atomic E-state index is 13.3. The first-order valence-electron chi connectivity index (χ1n) is 10.5. The normalized spacial score (nSPS) is 18.4. The number of carbonyl (C=O) groups is 1. The van der Waals surface area contributed by atoms with Crippen LogP contribution in [0.4, 0.5) is 0 Å². The Balaban J connectivity index is 1.43. The number of thiophene rings is 1. The first-order chi connectivity index (χ1) is 14.1. The van der Waals surface area contributed by atoms with E-state index in [1.165, 1.54) is 17.7 Å². The van der Waals surface area contributed by atoms with Gasteiger partial charge in [-0.15, -0.1) is 11.3 Å². The number of aryl methyl sites for hydroxylation is 2. The second-order valence-corrected chi connectivity index (χ2v) is 9.24. The summed E-state index contributed by atoms with van der Waals surface area (Å²) in [5.74, 6) is 0.473. The van der Waals surface area contributed by atoms with Gasteiger partial charge in [-0.05, 0) is 63.2 Å². The van der Waals surface area contributed by atoms with Gasteiger partial charge in [-0.3, -0.25) is 14.4 Å². The van der Waals surface area contributed by atoms with Crippen molar-refractivity contribution in [3.8, 4) is 0 Å². The summed E-state index contributed by atoms with van der Waals surface area (Å²) >= 11 is 1.77. The van der Waals surface area contributed by atoms with Crippen molar-refractivity contribution in [3.05, 3.63) is 45.4 Å². The molecule has 0 spiro atoms. The summed E-state index contributed by atoms with van der Waals surface area (Å²) in [4.78, 5) is 21.9. The summed E-state index contributed by atoms with van der Waals surface area (Å²) in [5.41, 5.74) is 3.41. The lowest BCUT2D eigenvalue weighted by Crippen LogP contribution is -2.36. The summed E-state index contributed by atoms with van der Waals surface area (Å²) in [6.07, 6.45) is 4.79. The number of nitrogens with one attached hydrogen (secondary N) is 1. The van der Waals surface area contributed by atoms with E-state index in [1.54, 1.807) is 16.0 Å². The van der Waals surface area contributed by atoms with E-state index in [-0.39, 0.29) is 11.9 Å². The average Bonchev–Trinajstić information content (AvgIpc) is 3.08. The molecule has 7 heteroatoms. The number of hydrogen-bond acceptors (Lipinski definition) is 5. The van der Waals surface area contributed by atoms with Crippen LogP contribution >= 0.6 is 11.3 Å². The van der Waals surface area contributed by atoms with Gasteiger partial charge in [0.15, 0.2) is 5.65 Å². The molecule has 0 radical (unpaired) electrons. The Hall–Kier alpha value is -2.25. The molecule has 1 aliphatic heterocycles. The van der Waals surface area contributed by atoms with Crippen LogP contribution in [0.3, 0.4) is 0 Å². The predicted molar refractivity (Wildman–Crippen MR) is 115 cm³/mol. The van der Waals surface area contributed by atoms with Gasteiger partial charge in [-0.25, -0.2) is 4.98 Å². The standard InChI is InChI=1S/C22H27N5OS/c1-14-20-16(12-17(15-7-8-15)24-21(20)26(2)25-14)22(28)23-13-18(19-6-5-11-29-19)27-9-3-4-10-27/h5-6,11-12,15,18H,3-4,7-10,13H2,1-2H3,(H,23,28). The maximum Gasteiger partial charge on any atom is 0.252 e. The zero-order valence-electron chi connectivity index (χ0n) is 17.0. The van der Waals surface area contributed by atoms with Crippen molar-refractivity contribution in [2.24, 2.45) is 7.05 Å². The number of fused-ring (bicyclic) bond motifs is 1. The Morgan fingerprint density at radius 1 is 1.34 bits per heavy atom.